The van der Waals surface area contributed by atoms with Crippen LogP contribution in [0.15, 0.2) is 0 Å². The maximum absolute atomic E-state index is 10.8. The van der Waals surface area contributed by atoms with Gasteiger partial charge in [-0.05, 0) is 12.8 Å². The third-order valence-corrected chi connectivity index (χ3v) is 3.21. The van der Waals surface area contributed by atoms with E-state index < -0.39 is 10.8 Å². The summed E-state index contributed by atoms with van der Waals surface area (Å²) in [7, 11) is -0.632. The second kappa shape index (κ2) is 5.70. The summed E-state index contributed by atoms with van der Waals surface area (Å²) < 4.78 is 10.8. The number of hydrogen-bond acceptors (Lipinski definition) is 2. The first-order valence-corrected chi connectivity index (χ1v) is 6.55. The lowest BCUT2D eigenvalue weighted by molar-refractivity contribution is 0.380. The van der Waals surface area contributed by atoms with Crippen molar-refractivity contribution >= 4 is 10.8 Å². The summed E-state index contributed by atoms with van der Waals surface area (Å²) in [6, 6.07) is 0.710. The zero-order valence-electron chi connectivity index (χ0n) is 7.84. The van der Waals surface area contributed by atoms with Crippen LogP contribution in [0.25, 0.3) is 0 Å². The number of rotatable bonds is 4. The molecule has 0 bridgehead atoms. The number of hydrogen-bond donors (Lipinski definition) is 1. The predicted octanol–water partition coefficient (Wildman–Crippen LogP) is 1.29. The van der Waals surface area contributed by atoms with Crippen molar-refractivity contribution in [2.24, 2.45) is 0 Å². The van der Waals surface area contributed by atoms with Crippen LogP contribution >= 0.6 is 0 Å². The zero-order valence-corrected chi connectivity index (χ0v) is 8.66. The lowest BCUT2D eigenvalue weighted by atomic mass is 9.96. The fourth-order valence-electron chi connectivity index (χ4n) is 1.71. The van der Waals surface area contributed by atoms with Gasteiger partial charge in [-0.1, -0.05) is 19.3 Å². The second-order valence-corrected chi connectivity index (χ2v) is 5.12. The maximum Gasteiger partial charge on any atom is 0.0357 e. The lowest BCUT2D eigenvalue weighted by Gasteiger charge is -2.22. The molecule has 1 rings (SSSR count). The van der Waals surface area contributed by atoms with Gasteiger partial charge in [-0.15, -0.1) is 0 Å². The molecule has 0 aromatic rings. The third kappa shape index (κ3) is 4.21. The predicted molar refractivity (Wildman–Crippen MR) is 53.8 cm³/mol. The van der Waals surface area contributed by atoms with Gasteiger partial charge in [-0.2, -0.15) is 0 Å². The van der Waals surface area contributed by atoms with Crippen molar-refractivity contribution in [3.8, 4) is 0 Å². The SMILES string of the molecule is CS(=O)CCNC1CCCCC1. The van der Waals surface area contributed by atoms with Crippen molar-refractivity contribution in [2.45, 2.75) is 38.1 Å². The Kier molecular flexibility index (Phi) is 4.84. The summed E-state index contributed by atoms with van der Waals surface area (Å²) >= 11 is 0. The van der Waals surface area contributed by atoms with Crippen LogP contribution in [-0.4, -0.2) is 28.8 Å². The third-order valence-electron chi connectivity index (χ3n) is 2.43. The second-order valence-electron chi connectivity index (χ2n) is 3.57. The molecule has 2 nitrogen and oxygen atoms in total. The maximum atomic E-state index is 10.8. The topological polar surface area (TPSA) is 29.1 Å². The van der Waals surface area contributed by atoms with Gasteiger partial charge in [0.15, 0.2) is 0 Å². The first-order valence-electron chi connectivity index (χ1n) is 4.82. The van der Waals surface area contributed by atoms with E-state index in [9.17, 15) is 4.21 Å². The summed E-state index contributed by atoms with van der Waals surface area (Å²) in [5, 5.41) is 3.46. The van der Waals surface area contributed by atoms with Crippen LogP contribution in [0.2, 0.25) is 0 Å². The molecule has 1 unspecified atom stereocenters. The molecule has 3 heteroatoms. The van der Waals surface area contributed by atoms with Gasteiger partial charge in [-0.3, -0.25) is 4.21 Å². The van der Waals surface area contributed by atoms with E-state index in [1.807, 2.05) is 0 Å². The monoisotopic (exact) mass is 189 g/mol. The zero-order chi connectivity index (χ0) is 8.81. The largest absolute Gasteiger partial charge is 0.313 e. The Hall–Kier alpha value is 0.110. The minimum atomic E-state index is -0.632. The van der Waals surface area contributed by atoms with Gasteiger partial charge in [0.05, 0.1) is 0 Å². The first-order chi connectivity index (χ1) is 5.79. The summed E-state index contributed by atoms with van der Waals surface area (Å²) in [5.74, 6) is 0.802. The van der Waals surface area contributed by atoms with E-state index in [0.717, 1.165) is 12.3 Å². The van der Waals surface area contributed by atoms with Crippen molar-refractivity contribution in [1.82, 2.24) is 5.32 Å². The lowest BCUT2D eigenvalue weighted by Crippen LogP contribution is -2.33. The van der Waals surface area contributed by atoms with Gasteiger partial charge in [-0.25, -0.2) is 0 Å². The molecule has 1 atom stereocenters. The van der Waals surface area contributed by atoms with Crippen LogP contribution in [0.5, 0.6) is 0 Å². The molecule has 1 N–H and O–H groups in total. The summed E-state index contributed by atoms with van der Waals surface area (Å²) in [6.45, 7) is 0.924. The van der Waals surface area contributed by atoms with E-state index in [1.165, 1.54) is 32.1 Å². The van der Waals surface area contributed by atoms with E-state index >= 15 is 0 Å². The molecule has 0 radical (unpaired) electrons. The fraction of sp³-hybridized carbons (Fsp3) is 1.00. The highest BCUT2D eigenvalue weighted by Crippen LogP contribution is 2.16. The highest BCUT2D eigenvalue weighted by molar-refractivity contribution is 7.84. The molecule has 1 aliphatic carbocycles. The average Bonchev–Trinajstić information content (AvgIpc) is 2.05. The van der Waals surface area contributed by atoms with Crippen molar-refractivity contribution in [3.63, 3.8) is 0 Å². The summed E-state index contributed by atoms with van der Waals surface area (Å²) in [6.07, 6.45) is 8.53. The van der Waals surface area contributed by atoms with E-state index in [-0.39, 0.29) is 0 Å². The molecule has 12 heavy (non-hydrogen) atoms. The van der Waals surface area contributed by atoms with Crippen LogP contribution in [-0.2, 0) is 10.8 Å². The van der Waals surface area contributed by atoms with Gasteiger partial charge in [0, 0.05) is 35.4 Å². The van der Waals surface area contributed by atoms with Gasteiger partial charge >= 0.3 is 0 Å². The Morgan fingerprint density at radius 1 is 1.33 bits per heavy atom. The molecule has 0 amide bonds. The van der Waals surface area contributed by atoms with Gasteiger partial charge in [0.2, 0.25) is 0 Å². The molecule has 1 saturated carbocycles. The van der Waals surface area contributed by atoms with Crippen LogP contribution in [0.3, 0.4) is 0 Å². The van der Waals surface area contributed by atoms with Crippen LogP contribution in [0, 0.1) is 0 Å². The highest BCUT2D eigenvalue weighted by Gasteiger charge is 2.11. The molecule has 72 valence electrons. The Labute approximate surface area is 77.6 Å². The molecule has 1 fully saturated rings. The smallest absolute Gasteiger partial charge is 0.0357 e. The molecule has 1 aliphatic rings. The highest BCUT2D eigenvalue weighted by atomic mass is 32.2. The number of nitrogens with one attached hydrogen (secondary N) is 1. The fourth-order valence-corrected chi connectivity index (χ4v) is 2.12. The molecule has 0 saturated heterocycles. The Bertz CT molecular complexity index is 143. The van der Waals surface area contributed by atoms with Crippen molar-refractivity contribution < 1.29 is 4.21 Å². The minimum absolute atomic E-state index is 0.632. The van der Waals surface area contributed by atoms with E-state index in [1.54, 1.807) is 6.26 Å². The summed E-state index contributed by atoms with van der Waals surface area (Å²) in [4.78, 5) is 0. The standard InChI is InChI=1S/C9H19NOS/c1-12(11)8-7-10-9-5-3-2-4-6-9/h9-10H,2-8H2,1H3. The Morgan fingerprint density at radius 3 is 2.58 bits per heavy atom. The van der Waals surface area contributed by atoms with Crippen LogP contribution in [0.1, 0.15) is 32.1 Å². The normalized spacial score (nSPS) is 22.4. The molecule has 0 spiro atoms. The molecular weight excluding hydrogens is 170 g/mol. The van der Waals surface area contributed by atoms with E-state index in [2.05, 4.69) is 5.32 Å². The van der Waals surface area contributed by atoms with Crippen LogP contribution < -0.4 is 5.32 Å². The Balaban J connectivity index is 2.01. The quantitative estimate of drug-likeness (QED) is 0.722. The average molecular weight is 189 g/mol. The molecule has 0 heterocycles. The molecule has 0 aromatic carbocycles. The van der Waals surface area contributed by atoms with Crippen LogP contribution in [0.4, 0.5) is 0 Å². The molecule has 0 aromatic heterocycles. The van der Waals surface area contributed by atoms with Gasteiger partial charge in [0.1, 0.15) is 0 Å². The van der Waals surface area contributed by atoms with Crippen molar-refractivity contribution in [3.05, 3.63) is 0 Å². The summed E-state index contributed by atoms with van der Waals surface area (Å²) in [5.41, 5.74) is 0. The van der Waals surface area contributed by atoms with Crippen molar-refractivity contribution in [2.75, 3.05) is 18.6 Å². The molecule has 0 aliphatic heterocycles. The van der Waals surface area contributed by atoms with Gasteiger partial charge in [0.25, 0.3) is 0 Å². The van der Waals surface area contributed by atoms with E-state index in [4.69, 9.17) is 0 Å². The van der Waals surface area contributed by atoms with Gasteiger partial charge < -0.3 is 5.32 Å². The van der Waals surface area contributed by atoms with Crippen molar-refractivity contribution in [1.29, 1.82) is 0 Å². The first kappa shape index (κ1) is 10.2. The van der Waals surface area contributed by atoms with E-state index in [0.29, 0.717) is 6.04 Å². The molecular formula is C9H19NOS. The minimum Gasteiger partial charge on any atom is -0.313 e. The Morgan fingerprint density at radius 2 is 2.00 bits per heavy atom.